The van der Waals surface area contributed by atoms with Crippen LogP contribution in [0.2, 0.25) is 0 Å². The van der Waals surface area contributed by atoms with Crippen LogP contribution in [0.5, 0.6) is 0 Å². The largest absolute Gasteiger partial charge is 0.502 e. The van der Waals surface area contributed by atoms with Gasteiger partial charge in [-0.1, -0.05) is 37.0 Å². The standard InChI is InChI=1S/C14H18N2OS/c1-3-17-10-11(2)8-9-15-14-16-12-6-4-5-7-13(12)18-14/h3-7,11H,1,8-10H2,2H3,(H,15,16). The molecule has 0 bridgehead atoms. The first-order valence-corrected chi connectivity index (χ1v) is 6.93. The van der Waals surface area contributed by atoms with E-state index in [2.05, 4.69) is 29.9 Å². The second kappa shape index (κ2) is 6.40. The van der Waals surface area contributed by atoms with Crippen LogP contribution in [-0.2, 0) is 4.74 Å². The van der Waals surface area contributed by atoms with Gasteiger partial charge in [-0.3, -0.25) is 0 Å². The maximum atomic E-state index is 5.17. The molecule has 0 saturated heterocycles. The Bertz CT molecular complexity index is 476. The van der Waals surface area contributed by atoms with E-state index in [-0.39, 0.29) is 0 Å². The van der Waals surface area contributed by atoms with Crippen LogP contribution in [0.1, 0.15) is 13.3 Å². The lowest BCUT2D eigenvalue weighted by Gasteiger charge is -2.10. The molecule has 1 atom stereocenters. The van der Waals surface area contributed by atoms with Crippen LogP contribution >= 0.6 is 11.3 Å². The Kier molecular flexibility index (Phi) is 4.59. The zero-order chi connectivity index (χ0) is 12.8. The van der Waals surface area contributed by atoms with Crippen molar-refractivity contribution >= 4 is 26.7 Å². The number of anilines is 1. The second-order valence-electron chi connectivity index (χ2n) is 4.31. The van der Waals surface area contributed by atoms with Crippen molar-refractivity contribution in [3.05, 3.63) is 37.1 Å². The molecule has 2 aromatic rings. The van der Waals surface area contributed by atoms with E-state index in [1.165, 1.54) is 11.0 Å². The number of nitrogens with zero attached hydrogens (tertiary/aromatic N) is 1. The van der Waals surface area contributed by atoms with Crippen molar-refractivity contribution < 1.29 is 4.74 Å². The predicted octanol–water partition coefficient (Wildman–Crippen LogP) is 3.89. The lowest BCUT2D eigenvalue weighted by atomic mass is 10.1. The van der Waals surface area contributed by atoms with E-state index in [1.807, 2.05) is 18.2 Å². The van der Waals surface area contributed by atoms with E-state index in [1.54, 1.807) is 11.3 Å². The van der Waals surface area contributed by atoms with Crippen LogP contribution in [0.15, 0.2) is 37.1 Å². The monoisotopic (exact) mass is 262 g/mol. The van der Waals surface area contributed by atoms with E-state index in [4.69, 9.17) is 4.74 Å². The molecular formula is C14H18N2OS. The molecule has 0 radical (unpaired) electrons. The van der Waals surface area contributed by atoms with Gasteiger partial charge in [-0.2, -0.15) is 0 Å². The van der Waals surface area contributed by atoms with Crippen molar-refractivity contribution in [1.82, 2.24) is 4.98 Å². The fourth-order valence-corrected chi connectivity index (χ4v) is 2.58. The van der Waals surface area contributed by atoms with Gasteiger partial charge in [-0.25, -0.2) is 4.98 Å². The van der Waals surface area contributed by atoms with Gasteiger partial charge in [0.25, 0.3) is 0 Å². The number of thiazole rings is 1. The summed E-state index contributed by atoms with van der Waals surface area (Å²) >= 11 is 1.70. The molecule has 0 spiro atoms. The molecule has 0 saturated carbocycles. The SMILES string of the molecule is C=COCC(C)CCNc1nc2ccccc2s1. The molecule has 18 heavy (non-hydrogen) atoms. The molecule has 1 aromatic carbocycles. The lowest BCUT2D eigenvalue weighted by Crippen LogP contribution is -2.10. The number of hydrogen-bond acceptors (Lipinski definition) is 4. The van der Waals surface area contributed by atoms with Crippen LogP contribution in [0.25, 0.3) is 10.2 Å². The second-order valence-corrected chi connectivity index (χ2v) is 5.34. The Morgan fingerprint density at radius 3 is 3.11 bits per heavy atom. The number of nitrogens with one attached hydrogen (secondary N) is 1. The molecule has 1 N–H and O–H groups in total. The lowest BCUT2D eigenvalue weighted by molar-refractivity contribution is 0.200. The number of para-hydroxylation sites is 1. The van der Waals surface area contributed by atoms with Gasteiger partial charge in [0, 0.05) is 6.54 Å². The van der Waals surface area contributed by atoms with Crippen molar-refractivity contribution in [3.8, 4) is 0 Å². The third kappa shape index (κ3) is 3.47. The van der Waals surface area contributed by atoms with Gasteiger partial charge in [0.2, 0.25) is 0 Å². The molecule has 0 fully saturated rings. The number of ether oxygens (including phenoxy) is 1. The predicted molar refractivity (Wildman–Crippen MR) is 78.0 cm³/mol. The van der Waals surface area contributed by atoms with Crippen molar-refractivity contribution in [1.29, 1.82) is 0 Å². The topological polar surface area (TPSA) is 34.1 Å². The van der Waals surface area contributed by atoms with Crippen LogP contribution in [0.3, 0.4) is 0 Å². The summed E-state index contributed by atoms with van der Waals surface area (Å²) in [7, 11) is 0. The van der Waals surface area contributed by atoms with E-state index >= 15 is 0 Å². The van der Waals surface area contributed by atoms with Crippen LogP contribution in [0.4, 0.5) is 5.13 Å². The normalized spacial score (nSPS) is 12.3. The Morgan fingerprint density at radius 1 is 1.50 bits per heavy atom. The molecule has 96 valence electrons. The molecule has 0 amide bonds. The van der Waals surface area contributed by atoms with E-state index in [9.17, 15) is 0 Å². The number of rotatable bonds is 7. The molecule has 3 nitrogen and oxygen atoms in total. The van der Waals surface area contributed by atoms with Crippen molar-refractivity contribution in [3.63, 3.8) is 0 Å². The first-order chi connectivity index (χ1) is 8.79. The van der Waals surface area contributed by atoms with Gasteiger partial charge in [-0.05, 0) is 24.5 Å². The highest BCUT2D eigenvalue weighted by atomic mass is 32.1. The van der Waals surface area contributed by atoms with Crippen molar-refractivity contribution in [2.75, 3.05) is 18.5 Å². The zero-order valence-corrected chi connectivity index (χ0v) is 11.4. The zero-order valence-electron chi connectivity index (χ0n) is 10.6. The van der Waals surface area contributed by atoms with Gasteiger partial charge < -0.3 is 10.1 Å². The van der Waals surface area contributed by atoms with Crippen LogP contribution in [0, 0.1) is 5.92 Å². The summed E-state index contributed by atoms with van der Waals surface area (Å²) in [5.41, 5.74) is 1.06. The van der Waals surface area contributed by atoms with E-state index in [0.717, 1.165) is 30.2 Å². The van der Waals surface area contributed by atoms with Crippen LogP contribution in [-0.4, -0.2) is 18.1 Å². The summed E-state index contributed by atoms with van der Waals surface area (Å²) in [6.45, 7) is 7.35. The molecule has 0 aliphatic carbocycles. The van der Waals surface area contributed by atoms with Gasteiger partial charge in [0.05, 0.1) is 23.1 Å². The minimum atomic E-state index is 0.518. The first-order valence-electron chi connectivity index (χ1n) is 6.11. The number of fused-ring (bicyclic) bond motifs is 1. The molecule has 0 aliphatic rings. The Labute approximate surface area is 112 Å². The van der Waals surface area contributed by atoms with Crippen molar-refractivity contribution in [2.24, 2.45) is 5.92 Å². The van der Waals surface area contributed by atoms with Gasteiger partial charge in [0.15, 0.2) is 5.13 Å². The smallest absolute Gasteiger partial charge is 0.183 e. The summed E-state index contributed by atoms with van der Waals surface area (Å²) in [4.78, 5) is 4.53. The summed E-state index contributed by atoms with van der Waals surface area (Å²) in [5.74, 6) is 0.518. The molecule has 1 unspecified atom stereocenters. The highest BCUT2D eigenvalue weighted by Crippen LogP contribution is 2.25. The third-order valence-electron chi connectivity index (χ3n) is 2.71. The fraction of sp³-hybridized carbons (Fsp3) is 0.357. The molecule has 1 aromatic heterocycles. The summed E-state index contributed by atoms with van der Waals surface area (Å²) in [6, 6.07) is 8.19. The van der Waals surface area contributed by atoms with E-state index in [0.29, 0.717) is 5.92 Å². The number of hydrogen-bond donors (Lipinski definition) is 1. The minimum absolute atomic E-state index is 0.518. The summed E-state index contributed by atoms with van der Waals surface area (Å²) in [5, 5.41) is 4.36. The Hall–Kier alpha value is -1.55. The highest BCUT2D eigenvalue weighted by molar-refractivity contribution is 7.22. The molecule has 2 rings (SSSR count). The summed E-state index contributed by atoms with van der Waals surface area (Å²) in [6.07, 6.45) is 2.56. The quantitative estimate of drug-likeness (QED) is 0.769. The average molecular weight is 262 g/mol. The Balaban J connectivity index is 1.81. The fourth-order valence-electron chi connectivity index (χ4n) is 1.69. The van der Waals surface area contributed by atoms with Crippen LogP contribution < -0.4 is 5.32 Å². The van der Waals surface area contributed by atoms with E-state index < -0.39 is 0 Å². The summed E-state index contributed by atoms with van der Waals surface area (Å²) < 4.78 is 6.39. The molecular weight excluding hydrogens is 244 g/mol. The third-order valence-corrected chi connectivity index (χ3v) is 3.70. The number of benzene rings is 1. The van der Waals surface area contributed by atoms with Gasteiger partial charge in [0.1, 0.15) is 0 Å². The Morgan fingerprint density at radius 2 is 2.33 bits per heavy atom. The minimum Gasteiger partial charge on any atom is -0.502 e. The van der Waals surface area contributed by atoms with Crippen molar-refractivity contribution in [2.45, 2.75) is 13.3 Å². The molecule has 4 heteroatoms. The highest BCUT2D eigenvalue weighted by Gasteiger charge is 2.04. The average Bonchev–Trinajstić information content (AvgIpc) is 2.79. The maximum absolute atomic E-state index is 5.17. The molecule has 0 aliphatic heterocycles. The number of aromatic nitrogens is 1. The van der Waals surface area contributed by atoms with Gasteiger partial charge in [-0.15, -0.1) is 0 Å². The maximum Gasteiger partial charge on any atom is 0.183 e. The van der Waals surface area contributed by atoms with Gasteiger partial charge >= 0.3 is 0 Å². The first kappa shape index (κ1) is 12.9. The molecule has 1 heterocycles.